The molecule has 0 saturated heterocycles. The van der Waals surface area contributed by atoms with Crippen LogP contribution in [0.25, 0.3) is 0 Å². The first-order valence-electron chi connectivity index (χ1n) is 11.3. The molecule has 0 radical (unpaired) electrons. The summed E-state index contributed by atoms with van der Waals surface area (Å²) in [6.07, 6.45) is 5.02. The molecule has 0 spiro atoms. The van der Waals surface area contributed by atoms with Crippen molar-refractivity contribution in [2.45, 2.75) is 37.8 Å². The highest BCUT2D eigenvalue weighted by molar-refractivity contribution is 6.01. The molecule has 11 nitrogen and oxygen atoms in total. The smallest absolute Gasteiger partial charge is 0.255 e. The summed E-state index contributed by atoms with van der Waals surface area (Å²) in [6.45, 7) is 0.791. The lowest BCUT2D eigenvalue weighted by Gasteiger charge is -2.23. The van der Waals surface area contributed by atoms with Crippen molar-refractivity contribution >= 4 is 23.6 Å². The van der Waals surface area contributed by atoms with Crippen molar-refractivity contribution in [2.24, 2.45) is 5.92 Å². The van der Waals surface area contributed by atoms with Crippen LogP contribution in [0.15, 0.2) is 36.8 Å². The largest absolute Gasteiger partial charge is 0.491 e. The number of para-hydroxylation sites is 1. The van der Waals surface area contributed by atoms with Crippen LogP contribution in [0.4, 0.5) is 0 Å². The highest BCUT2D eigenvalue weighted by atomic mass is 16.5. The second-order valence-corrected chi connectivity index (χ2v) is 8.46. The van der Waals surface area contributed by atoms with Crippen LogP contribution in [-0.2, 0) is 20.8 Å². The van der Waals surface area contributed by atoms with E-state index in [2.05, 4.69) is 31.2 Å². The van der Waals surface area contributed by atoms with Gasteiger partial charge < -0.3 is 31.0 Å². The van der Waals surface area contributed by atoms with Gasteiger partial charge in [-0.1, -0.05) is 12.1 Å². The summed E-state index contributed by atoms with van der Waals surface area (Å²) in [5.41, 5.74) is 0.905. The summed E-state index contributed by atoms with van der Waals surface area (Å²) < 4.78 is 5.72. The summed E-state index contributed by atoms with van der Waals surface area (Å²) in [5.74, 6) is -1.14. The van der Waals surface area contributed by atoms with Gasteiger partial charge in [0.25, 0.3) is 5.91 Å². The van der Waals surface area contributed by atoms with Crippen molar-refractivity contribution in [1.82, 2.24) is 31.2 Å². The van der Waals surface area contributed by atoms with Crippen molar-refractivity contribution in [3.63, 3.8) is 0 Å². The number of amides is 4. The number of hydrogen-bond acceptors (Lipinski definition) is 6. The molecule has 1 aromatic carbocycles. The minimum absolute atomic E-state index is 0.117. The Labute approximate surface area is 196 Å². The van der Waals surface area contributed by atoms with Gasteiger partial charge in [0.1, 0.15) is 24.4 Å². The number of fused-ring (bicyclic) bond motifs is 1. The van der Waals surface area contributed by atoms with Crippen LogP contribution in [-0.4, -0.2) is 65.4 Å². The van der Waals surface area contributed by atoms with E-state index >= 15 is 0 Å². The lowest BCUT2D eigenvalue weighted by atomic mass is 10.1. The molecule has 1 saturated carbocycles. The third-order valence-corrected chi connectivity index (χ3v) is 5.69. The third kappa shape index (κ3) is 6.33. The summed E-state index contributed by atoms with van der Waals surface area (Å²) in [6, 6.07) is 4.61. The Morgan fingerprint density at radius 2 is 1.97 bits per heavy atom. The van der Waals surface area contributed by atoms with Crippen molar-refractivity contribution in [3.05, 3.63) is 48.0 Å². The van der Waals surface area contributed by atoms with Gasteiger partial charge in [-0.15, -0.1) is 0 Å². The Hall–Kier alpha value is -3.89. The lowest BCUT2D eigenvalue weighted by molar-refractivity contribution is -0.131. The number of carbonyl (C=O) groups is 4. The van der Waals surface area contributed by atoms with Gasteiger partial charge in [0, 0.05) is 24.9 Å². The highest BCUT2D eigenvalue weighted by Gasteiger charge is 2.30. The zero-order valence-electron chi connectivity index (χ0n) is 18.6. The molecule has 1 aliphatic carbocycles. The second kappa shape index (κ2) is 10.8. The number of H-pyrrole nitrogens is 1. The van der Waals surface area contributed by atoms with Crippen LogP contribution < -0.4 is 26.0 Å². The van der Waals surface area contributed by atoms with E-state index in [0.717, 1.165) is 12.8 Å². The van der Waals surface area contributed by atoms with Crippen LogP contribution in [0.2, 0.25) is 0 Å². The van der Waals surface area contributed by atoms with Crippen LogP contribution in [0.3, 0.4) is 0 Å². The number of ether oxygens (including phenoxy) is 1. The Bertz CT molecular complexity index is 1040. The van der Waals surface area contributed by atoms with E-state index in [1.807, 2.05) is 0 Å². The Morgan fingerprint density at radius 1 is 1.15 bits per heavy atom. The summed E-state index contributed by atoms with van der Waals surface area (Å²) in [5, 5.41) is 10.9. The highest BCUT2D eigenvalue weighted by Crippen LogP contribution is 2.27. The van der Waals surface area contributed by atoms with E-state index < -0.39 is 35.7 Å². The maximum Gasteiger partial charge on any atom is 0.255 e. The molecule has 1 fully saturated rings. The maximum absolute atomic E-state index is 13.0. The van der Waals surface area contributed by atoms with Gasteiger partial charge >= 0.3 is 0 Å². The number of benzene rings is 1. The van der Waals surface area contributed by atoms with E-state index in [9.17, 15) is 19.2 Å². The SMILES string of the molecule is O=C1C[C@@H](C(=O)NCC2CC2)NC(=O)c2ccccc2OCCNC(=O)[C@H](Cc2cnc[nH]2)N1. The van der Waals surface area contributed by atoms with Crippen molar-refractivity contribution < 1.29 is 23.9 Å². The predicted molar refractivity (Wildman–Crippen MR) is 121 cm³/mol. The van der Waals surface area contributed by atoms with E-state index in [-0.39, 0.29) is 31.6 Å². The van der Waals surface area contributed by atoms with Gasteiger partial charge in [-0.2, -0.15) is 0 Å². The van der Waals surface area contributed by atoms with E-state index in [0.29, 0.717) is 23.9 Å². The first-order valence-corrected chi connectivity index (χ1v) is 11.3. The molecule has 180 valence electrons. The number of imidazole rings is 1. The Morgan fingerprint density at radius 3 is 2.74 bits per heavy atom. The molecule has 11 heteroatoms. The average molecular weight is 469 g/mol. The normalized spacial score (nSPS) is 21.7. The fraction of sp³-hybridized carbons (Fsp3) is 0.435. The Kier molecular flexibility index (Phi) is 7.41. The molecule has 4 amide bonds. The monoisotopic (exact) mass is 468 g/mol. The third-order valence-electron chi connectivity index (χ3n) is 5.69. The minimum Gasteiger partial charge on any atom is -0.491 e. The molecule has 5 N–H and O–H groups in total. The van der Waals surface area contributed by atoms with Crippen LogP contribution in [0, 0.1) is 5.92 Å². The lowest BCUT2D eigenvalue weighted by Crippen LogP contribution is -2.53. The van der Waals surface area contributed by atoms with Crippen molar-refractivity contribution in [2.75, 3.05) is 19.7 Å². The molecule has 2 atom stereocenters. The van der Waals surface area contributed by atoms with E-state index in [1.165, 1.54) is 6.33 Å². The number of aromatic nitrogens is 2. The quantitative estimate of drug-likeness (QED) is 0.405. The first-order chi connectivity index (χ1) is 16.5. The predicted octanol–water partition coefficient (Wildman–Crippen LogP) is -0.339. The van der Waals surface area contributed by atoms with Gasteiger partial charge in [-0.25, -0.2) is 4.98 Å². The van der Waals surface area contributed by atoms with Crippen molar-refractivity contribution in [1.29, 1.82) is 0 Å². The summed E-state index contributed by atoms with van der Waals surface area (Å²) in [7, 11) is 0. The minimum atomic E-state index is -1.11. The first kappa shape index (κ1) is 23.3. The molecule has 1 aliphatic heterocycles. The van der Waals surface area contributed by atoms with E-state index in [1.54, 1.807) is 30.5 Å². The van der Waals surface area contributed by atoms with Gasteiger partial charge in [-0.05, 0) is 30.9 Å². The molecular formula is C23H28N6O5. The molecule has 4 rings (SSSR count). The zero-order chi connectivity index (χ0) is 23.9. The molecule has 34 heavy (non-hydrogen) atoms. The zero-order valence-corrected chi connectivity index (χ0v) is 18.6. The average Bonchev–Trinajstić information content (AvgIpc) is 3.52. The molecule has 2 aliphatic rings. The number of nitrogens with zero attached hydrogens (tertiary/aromatic N) is 1. The van der Waals surface area contributed by atoms with Crippen molar-refractivity contribution in [3.8, 4) is 5.75 Å². The fourth-order valence-corrected chi connectivity index (χ4v) is 3.64. The maximum atomic E-state index is 13.0. The standard InChI is InChI=1S/C23H28N6O5/c30-20-10-18(23(33)26-11-14-5-6-14)29-21(31)16-3-1-2-4-19(16)34-8-7-25-22(32)17(28-20)9-15-12-24-13-27-15/h1-4,12-14,17-18H,5-11H2,(H,24,27)(H,25,32)(H,26,33)(H,28,30)(H,29,31)/t17-,18-/m0/s1. The van der Waals surface area contributed by atoms with Gasteiger partial charge in [0.2, 0.25) is 17.7 Å². The molecule has 0 bridgehead atoms. The topological polar surface area (TPSA) is 154 Å². The Balaban J connectivity index is 1.55. The molecule has 0 unspecified atom stereocenters. The van der Waals surface area contributed by atoms with Gasteiger partial charge in [0.05, 0.1) is 24.9 Å². The number of hydrogen-bond donors (Lipinski definition) is 5. The molecule has 2 heterocycles. The van der Waals surface area contributed by atoms with Gasteiger partial charge in [-0.3, -0.25) is 19.2 Å². The van der Waals surface area contributed by atoms with Gasteiger partial charge in [0.15, 0.2) is 0 Å². The molecular weight excluding hydrogens is 440 g/mol. The molecule has 1 aromatic heterocycles. The summed E-state index contributed by atoms with van der Waals surface area (Å²) >= 11 is 0. The number of carbonyl (C=O) groups excluding carboxylic acids is 4. The fourth-order valence-electron chi connectivity index (χ4n) is 3.64. The summed E-state index contributed by atoms with van der Waals surface area (Å²) in [4.78, 5) is 58.4. The number of rotatable bonds is 5. The number of aromatic amines is 1. The van der Waals surface area contributed by atoms with Crippen LogP contribution in [0.5, 0.6) is 5.75 Å². The van der Waals surface area contributed by atoms with E-state index in [4.69, 9.17) is 4.74 Å². The number of nitrogens with one attached hydrogen (secondary N) is 5. The molecule has 2 aromatic rings. The van der Waals surface area contributed by atoms with Crippen LogP contribution >= 0.6 is 0 Å². The second-order valence-electron chi connectivity index (χ2n) is 8.46. The van der Waals surface area contributed by atoms with Crippen LogP contribution in [0.1, 0.15) is 35.3 Å².